The van der Waals surface area contributed by atoms with Gasteiger partial charge in [-0.2, -0.15) is 0 Å². The van der Waals surface area contributed by atoms with Gasteiger partial charge in [0.1, 0.15) is 11.5 Å². The van der Waals surface area contributed by atoms with E-state index in [1.54, 1.807) is 30.3 Å². The lowest BCUT2D eigenvalue weighted by molar-refractivity contribution is -0.140. The lowest BCUT2D eigenvalue weighted by Crippen LogP contribution is -2.32. The van der Waals surface area contributed by atoms with E-state index in [0.717, 1.165) is 6.54 Å². The number of ketones is 1. The molecule has 1 saturated heterocycles. The highest BCUT2D eigenvalue weighted by Crippen LogP contribution is 2.43. The molecule has 33 heavy (non-hydrogen) atoms. The van der Waals surface area contributed by atoms with Gasteiger partial charge in [-0.3, -0.25) is 9.59 Å². The molecule has 1 atom stereocenters. The van der Waals surface area contributed by atoms with Crippen molar-refractivity contribution in [2.24, 2.45) is 0 Å². The van der Waals surface area contributed by atoms with Crippen LogP contribution in [0.15, 0.2) is 48.0 Å². The smallest absolute Gasteiger partial charge is 0.295 e. The van der Waals surface area contributed by atoms with Crippen LogP contribution in [0.1, 0.15) is 23.6 Å². The number of hydrogen-bond donors (Lipinski definition) is 1. The van der Waals surface area contributed by atoms with Crippen molar-refractivity contribution in [1.82, 2.24) is 9.80 Å². The van der Waals surface area contributed by atoms with Crippen LogP contribution in [-0.4, -0.2) is 75.1 Å². The van der Waals surface area contributed by atoms with Crippen molar-refractivity contribution in [2.45, 2.75) is 12.5 Å². The van der Waals surface area contributed by atoms with Crippen LogP contribution in [0.25, 0.3) is 5.76 Å². The summed E-state index contributed by atoms with van der Waals surface area (Å²) in [6, 6.07) is 11.3. The fourth-order valence-corrected chi connectivity index (χ4v) is 4.02. The summed E-state index contributed by atoms with van der Waals surface area (Å²) in [7, 11) is 8.43. The zero-order valence-electron chi connectivity index (χ0n) is 19.6. The first kappa shape index (κ1) is 24.1. The summed E-state index contributed by atoms with van der Waals surface area (Å²) >= 11 is 0. The maximum atomic E-state index is 13.2. The summed E-state index contributed by atoms with van der Waals surface area (Å²) in [6.07, 6.45) is 0.669. The molecule has 176 valence electrons. The Labute approximate surface area is 194 Å². The molecule has 2 aromatic rings. The molecule has 8 nitrogen and oxygen atoms in total. The molecule has 0 spiro atoms. The third kappa shape index (κ3) is 4.80. The van der Waals surface area contributed by atoms with E-state index >= 15 is 0 Å². The Kier molecular flexibility index (Phi) is 7.60. The first-order valence-electron chi connectivity index (χ1n) is 10.6. The van der Waals surface area contributed by atoms with Gasteiger partial charge in [-0.05, 0) is 51.3 Å². The van der Waals surface area contributed by atoms with Crippen molar-refractivity contribution in [1.29, 1.82) is 0 Å². The Balaban J connectivity index is 2.16. The maximum Gasteiger partial charge on any atom is 0.295 e. The van der Waals surface area contributed by atoms with E-state index < -0.39 is 17.7 Å². The zero-order valence-corrected chi connectivity index (χ0v) is 19.6. The molecule has 0 aliphatic carbocycles. The molecule has 1 heterocycles. The minimum absolute atomic E-state index is 0.0153. The number of Topliss-reactive ketones (excluding diaryl/α,β-unsaturated/α-hetero) is 1. The number of nitrogens with zero attached hydrogens (tertiary/aromatic N) is 2. The molecule has 2 aromatic carbocycles. The number of carbonyl (C=O) groups is 2. The summed E-state index contributed by atoms with van der Waals surface area (Å²) in [6.45, 7) is 1.10. The number of rotatable bonds is 9. The van der Waals surface area contributed by atoms with Gasteiger partial charge in [-0.25, -0.2) is 0 Å². The second-order valence-corrected chi connectivity index (χ2v) is 7.96. The van der Waals surface area contributed by atoms with Gasteiger partial charge in [0.15, 0.2) is 11.5 Å². The van der Waals surface area contributed by atoms with Crippen LogP contribution in [-0.2, 0) is 9.59 Å². The van der Waals surface area contributed by atoms with Crippen LogP contribution in [0.2, 0.25) is 0 Å². The number of hydrogen-bond acceptors (Lipinski definition) is 7. The van der Waals surface area contributed by atoms with Gasteiger partial charge < -0.3 is 29.1 Å². The summed E-state index contributed by atoms with van der Waals surface area (Å²) < 4.78 is 16.1. The zero-order chi connectivity index (χ0) is 24.1. The molecule has 1 aliphatic heterocycles. The van der Waals surface area contributed by atoms with Gasteiger partial charge in [0.2, 0.25) is 0 Å². The van der Waals surface area contributed by atoms with Gasteiger partial charge in [-0.15, -0.1) is 0 Å². The number of benzene rings is 2. The van der Waals surface area contributed by atoms with E-state index in [1.165, 1.54) is 26.2 Å². The third-order valence-corrected chi connectivity index (χ3v) is 5.63. The van der Waals surface area contributed by atoms with Crippen molar-refractivity contribution in [3.63, 3.8) is 0 Å². The number of carbonyl (C=O) groups excluding carboxylic acids is 2. The summed E-state index contributed by atoms with van der Waals surface area (Å²) in [5.41, 5.74) is 0.992. The second kappa shape index (κ2) is 10.4. The molecule has 1 N–H and O–H groups in total. The van der Waals surface area contributed by atoms with Crippen molar-refractivity contribution in [2.75, 3.05) is 48.5 Å². The Hall–Kier alpha value is -3.52. The minimum Gasteiger partial charge on any atom is -0.507 e. The number of aliphatic hydroxyl groups excluding tert-OH is 1. The largest absolute Gasteiger partial charge is 0.507 e. The van der Waals surface area contributed by atoms with Crippen molar-refractivity contribution in [3.8, 4) is 17.2 Å². The number of methoxy groups -OCH3 is 3. The Morgan fingerprint density at radius 1 is 0.970 bits per heavy atom. The fraction of sp³-hybridized carbons (Fsp3) is 0.360. The van der Waals surface area contributed by atoms with Crippen LogP contribution in [0.5, 0.6) is 17.2 Å². The summed E-state index contributed by atoms with van der Waals surface area (Å²) in [4.78, 5) is 29.8. The van der Waals surface area contributed by atoms with Crippen LogP contribution >= 0.6 is 0 Å². The topological polar surface area (TPSA) is 88.5 Å². The molecule has 0 radical (unpaired) electrons. The quantitative estimate of drug-likeness (QED) is 0.354. The fourth-order valence-electron chi connectivity index (χ4n) is 4.02. The predicted octanol–water partition coefficient (Wildman–Crippen LogP) is 3.09. The highest BCUT2D eigenvalue weighted by Gasteiger charge is 2.46. The predicted molar refractivity (Wildman–Crippen MR) is 125 cm³/mol. The first-order valence-corrected chi connectivity index (χ1v) is 10.6. The van der Waals surface area contributed by atoms with E-state index in [-0.39, 0.29) is 11.3 Å². The highest BCUT2D eigenvalue weighted by atomic mass is 16.5. The summed E-state index contributed by atoms with van der Waals surface area (Å²) in [5, 5.41) is 11.3. The van der Waals surface area contributed by atoms with Crippen molar-refractivity contribution in [3.05, 3.63) is 59.2 Å². The molecule has 3 rings (SSSR count). The van der Waals surface area contributed by atoms with Crippen LogP contribution < -0.4 is 14.2 Å². The van der Waals surface area contributed by atoms with E-state index in [1.807, 2.05) is 31.1 Å². The van der Waals surface area contributed by atoms with Crippen LogP contribution in [0.4, 0.5) is 0 Å². The standard InChI is InChI=1S/C25H30N2O6/c1-26(2)13-8-14-27-22(17-9-6-7-10-18(17)31-3)21(24(29)25(27)30)23(28)16-11-12-19(32-4)20(15-16)33-5/h6-7,9-12,15,22,28H,8,13-14H2,1-5H3. The van der Waals surface area contributed by atoms with Crippen LogP contribution in [0, 0.1) is 0 Å². The van der Waals surface area contributed by atoms with Gasteiger partial charge >= 0.3 is 0 Å². The SMILES string of the molecule is COc1ccc(C(O)=C2C(=O)C(=O)N(CCCN(C)C)C2c2ccccc2OC)cc1OC. The first-order chi connectivity index (χ1) is 15.8. The number of amides is 1. The monoisotopic (exact) mass is 454 g/mol. The minimum atomic E-state index is -0.781. The maximum absolute atomic E-state index is 13.2. The average Bonchev–Trinajstić information content (AvgIpc) is 3.07. The molecule has 1 aliphatic rings. The van der Waals surface area contributed by atoms with Gasteiger partial charge in [0.05, 0.1) is 32.9 Å². The Morgan fingerprint density at radius 2 is 1.64 bits per heavy atom. The molecule has 1 unspecified atom stereocenters. The lowest BCUT2D eigenvalue weighted by Gasteiger charge is -2.27. The van der Waals surface area contributed by atoms with E-state index in [2.05, 4.69) is 0 Å². The Bertz CT molecular complexity index is 1060. The normalized spacial score (nSPS) is 17.5. The number of aliphatic hydroxyl groups is 1. The van der Waals surface area contributed by atoms with Gasteiger partial charge in [0.25, 0.3) is 11.7 Å². The average molecular weight is 455 g/mol. The highest BCUT2D eigenvalue weighted by molar-refractivity contribution is 6.46. The van der Waals surface area contributed by atoms with E-state index in [4.69, 9.17) is 14.2 Å². The lowest BCUT2D eigenvalue weighted by atomic mass is 9.94. The number of ether oxygens (including phenoxy) is 3. The van der Waals surface area contributed by atoms with Crippen molar-refractivity contribution < 1.29 is 28.9 Å². The van der Waals surface area contributed by atoms with Crippen molar-refractivity contribution >= 4 is 17.4 Å². The number of likely N-dealkylation sites (tertiary alicyclic amines) is 1. The molecular formula is C25H30N2O6. The van der Waals surface area contributed by atoms with Gasteiger partial charge in [0, 0.05) is 17.7 Å². The number of para-hydroxylation sites is 1. The van der Waals surface area contributed by atoms with E-state index in [9.17, 15) is 14.7 Å². The van der Waals surface area contributed by atoms with Crippen LogP contribution in [0.3, 0.4) is 0 Å². The molecular weight excluding hydrogens is 424 g/mol. The second-order valence-electron chi connectivity index (χ2n) is 7.96. The molecule has 1 amide bonds. The molecule has 0 bridgehead atoms. The molecule has 0 saturated carbocycles. The van der Waals surface area contributed by atoms with E-state index in [0.29, 0.717) is 41.3 Å². The Morgan fingerprint density at radius 3 is 2.27 bits per heavy atom. The molecule has 0 aromatic heterocycles. The summed E-state index contributed by atoms with van der Waals surface area (Å²) in [5.74, 6) is -0.245. The van der Waals surface area contributed by atoms with Gasteiger partial charge in [-0.1, -0.05) is 18.2 Å². The molecule has 8 heteroatoms. The third-order valence-electron chi connectivity index (χ3n) is 5.63. The molecule has 1 fully saturated rings.